The molecule has 4 rings (SSSR count). The van der Waals surface area contributed by atoms with Crippen LogP contribution in [0.5, 0.6) is 5.88 Å². The molecule has 3 heterocycles. The number of nitrogens with zero attached hydrogens (tertiary/aromatic N) is 4. The van der Waals surface area contributed by atoms with Gasteiger partial charge in [0, 0.05) is 44.6 Å². The second-order valence-corrected chi connectivity index (χ2v) is 8.60. The van der Waals surface area contributed by atoms with E-state index in [0.717, 1.165) is 25.2 Å². The molecule has 3 fully saturated rings. The molecule has 7 heteroatoms. The molecule has 1 aliphatic carbocycles. The maximum atomic E-state index is 12.3. The summed E-state index contributed by atoms with van der Waals surface area (Å²) in [6, 6.07) is 0.319. The Morgan fingerprint density at radius 2 is 1.96 bits per heavy atom. The lowest BCUT2D eigenvalue weighted by molar-refractivity contribution is 0.00921. The lowest BCUT2D eigenvalue weighted by atomic mass is 10.1. The number of rotatable bonds is 3. The van der Waals surface area contributed by atoms with Gasteiger partial charge in [0.25, 0.3) is 0 Å². The second kappa shape index (κ2) is 6.68. The quantitative estimate of drug-likeness (QED) is 0.825. The van der Waals surface area contributed by atoms with Crippen molar-refractivity contribution in [2.75, 3.05) is 26.2 Å². The molecule has 1 aromatic heterocycles. The Morgan fingerprint density at radius 1 is 1.15 bits per heavy atom. The maximum absolute atomic E-state index is 12.3. The van der Waals surface area contributed by atoms with Gasteiger partial charge >= 0.3 is 6.09 Å². The molecule has 2 atom stereocenters. The molecule has 1 amide bonds. The normalized spacial score (nSPS) is 26.5. The topological polar surface area (TPSA) is 67.8 Å². The first kappa shape index (κ1) is 17.5. The molecule has 0 unspecified atom stereocenters. The predicted molar refractivity (Wildman–Crippen MR) is 96.2 cm³/mol. The Labute approximate surface area is 154 Å². The van der Waals surface area contributed by atoms with E-state index in [1.807, 2.05) is 31.9 Å². The van der Waals surface area contributed by atoms with Crippen LogP contribution in [0.3, 0.4) is 0 Å². The molecule has 142 valence electrons. The zero-order chi connectivity index (χ0) is 18.3. The van der Waals surface area contributed by atoms with Crippen LogP contribution in [0.25, 0.3) is 0 Å². The van der Waals surface area contributed by atoms with Crippen molar-refractivity contribution in [2.24, 2.45) is 0 Å². The van der Waals surface area contributed by atoms with Gasteiger partial charge in [0.1, 0.15) is 11.7 Å². The summed E-state index contributed by atoms with van der Waals surface area (Å²) < 4.78 is 11.6. The van der Waals surface area contributed by atoms with E-state index in [0.29, 0.717) is 30.9 Å². The molecule has 2 saturated heterocycles. The Balaban J connectivity index is 1.30. The van der Waals surface area contributed by atoms with Gasteiger partial charge < -0.3 is 14.4 Å². The minimum atomic E-state index is -0.458. The number of ether oxygens (including phenoxy) is 2. The van der Waals surface area contributed by atoms with E-state index in [2.05, 4.69) is 14.9 Å². The summed E-state index contributed by atoms with van der Waals surface area (Å²) in [5.74, 6) is 1.21. The van der Waals surface area contributed by atoms with Crippen molar-refractivity contribution in [1.82, 2.24) is 19.8 Å². The summed E-state index contributed by atoms with van der Waals surface area (Å²) in [7, 11) is 0. The first-order valence-corrected chi connectivity index (χ1v) is 9.58. The highest BCUT2D eigenvalue weighted by Crippen LogP contribution is 2.38. The van der Waals surface area contributed by atoms with Gasteiger partial charge in [-0.05, 0) is 33.6 Å². The van der Waals surface area contributed by atoms with Gasteiger partial charge in [0.15, 0.2) is 0 Å². The van der Waals surface area contributed by atoms with Gasteiger partial charge in [0.05, 0.1) is 18.1 Å². The van der Waals surface area contributed by atoms with E-state index in [1.165, 1.54) is 12.8 Å². The van der Waals surface area contributed by atoms with Gasteiger partial charge in [-0.3, -0.25) is 9.88 Å². The number of carbonyl (C=O) groups is 1. The Kier molecular flexibility index (Phi) is 4.50. The Hall–Kier alpha value is -1.89. The van der Waals surface area contributed by atoms with Crippen LogP contribution in [0.15, 0.2) is 12.4 Å². The highest BCUT2D eigenvalue weighted by molar-refractivity contribution is 5.68. The fourth-order valence-electron chi connectivity index (χ4n) is 3.72. The monoisotopic (exact) mass is 360 g/mol. The number of hydrogen-bond acceptors (Lipinski definition) is 6. The molecule has 3 aliphatic rings. The highest BCUT2D eigenvalue weighted by Gasteiger charge is 2.39. The summed E-state index contributed by atoms with van der Waals surface area (Å²) in [4.78, 5) is 25.4. The van der Waals surface area contributed by atoms with E-state index in [-0.39, 0.29) is 12.2 Å². The Morgan fingerprint density at radius 3 is 2.62 bits per heavy atom. The summed E-state index contributed by atoms with van der Waals surface area (Å²) in [6.45, 7) is 8.83. The molecule has 0 aromatic carbocycles. The van der Waals surface area contributed by atoms with Crippen LogP contribution in [-0.2, 0) is 4.74 Å². The number of amides is 1. The van der Waals surface area contributed by atoms with Crippen LogP contribution in [0.1, 0.15) is 51.6 Å². The van der Waals surface area contributed by atoms with Crippen molar-refractivity contribution in [3.05, 3.63) is 18.1 Å². The van der Waals surface area contributed by atoms with E-state index in [1.54, 1.807) is 6.20 Å². The highest BCUT2D eigenvalue weighted by atomic mass is 16.6. The van der Waals surface area contributed by atoms with Crippen LogP contribution in [-0.4, -0.2) is 69.8 Å². The molecule has 0 radical (unpaired) electrons. The van der Waals surface area contributed by atoms with Gasteiger partial charge in [-0.15, -0.1) is 0 Å². The predicted octanol–water partition coefficient (Wildman–Crippen LogP) is 2.43. The first-order valence-electron chi connectivity index (χ1n) is 9.58. The summed E-state index contributed by atoms with van der Waals surface area (Å²) in [5, 5.41) is 0. The number of piperazine rings is 1. The fraction of sp³-hybridized carbons (Fsp3) is 0.737. The van der Waals surface area contributed by atoms with Crippen molar-refractivity contribution in [3.8, 4) is 5.88 Å². The largest absolute Gasteiger partial charge is 0.472 e. The van der Waals surface area contributed by atoms with E-state index in [4.69, 9.17) is 9.47 Å². The summed E-state index contributed by atoms with van der Waals surface area (Å²) in [6.07, 6.45) is 6.82. The number of fused-ring (bicyclic) bond motifs is 1. The van der Waals surface area contributed by atoms with Crippen LogP contribution >= 0.6 is 0 Å². The van der Waals surface area contributed by atoms with Crippen LogP contribution in [0.4, 0.5) is 4.79 Å². The van der Waals surface area contributed by atoms with E-state index in [9.17, 15) is 4.79 Å². The fourth-order valence-corrected chi connectivity index (χ4v) is 3.72. The molecule has 1 saturated carbocycles. The minimum Gasteiger partial charge on any atom is -0.472 e. The van der Waals surface area contributed by atoms with Crippen molar-refractivity contribution >= 4 is 6.09 Å². The maximum Gasteiger partial charge on any atom is 0.410 e. The first-order chi connectivity index (χ1) is 12.4. The average Bonchev–Trinajstić information content (AvgIpc) is 3.34. The number of carbonyl (C=O) groups excluding carboxylic acids is 1. The van der Waals surface area contributed by atoms with Gasteiger partial charge in [-0.1, -0.05) is 0 Å². The van der Waals surface area contributed by atoms with Crippen molar-refractivity contribution in [2.45, 2.75) is 63.7 Å². The van der Waals surface area contributed by atoms with Crippen LogP contribution in [0, 0.1) is 0 Å². The SMILES string of the molecule is CC(C)(C)OC(=O)N1CCN2C[C@@H](Oc3cnc(C4CC4)cn3)C[C@H]2C1. The van der Waals surface area contributed by atoms with E-state index < -0.39 is 5.60 Å². The minimum absolute atomic E-state index is 0.0969. The zero-order valence-corrected chi connectivity index (χ0v) is 15.9. The molecule has 2 aliphatic heterocycles. The Bertz CT molecular complexity index is 654. The molecule has 1 aromatic rings. The number of aromatic nitrogens is 2. The molecule has 7 nitrogen and oxygen atoms in total. The smallest absolute Gasteiger partial charge is 0.410 e. The van der Waals surface area contributed by atoms with E-state index >= 15 is 0 Å². The summed E-state index contributed by atoms with van der Waals surface area (Å²) in [5.41, 5.74) is 0.620. The molecular weight excluding hydrogens is 332 g/mol. The zero-order valence-electron chi connectivity index (χ0n) is 15.9. The average molecular weight is 360 g/mol. The van der Waals surface area contributed by atoms with Gasteiger partial charge in [0.2, 0.25) is 5.88 Å². The molecule has 0 bridgehead atoms. The van der Waals surface area contributed by atoms with Gasteiger partial charge in [-0.2, -0.15) is 0 Å². The lowest BCUT2D eigenvalue weighted by Crippen LogP contribution is -2.53. The van der Waals surface area contributed by atoms with Crippen molar-refractivity contribution in [3.63, 3.8) is 0 Å². The molecule has 26 heavy (non-hydrogen) atoms. The summed E-state index contributed by atoms with van der Waals surface area (Å²) >= 11 is 0. The number of hydrogen-bond donors (Lipinski definition) is 0. The van der Waals surface area contributed by atoms with Crippen molar-refractivity contribution < 1.29 is 14.3 Å². The second-order valence-electron chi connectivity index (χ2n) is 8.60. The standard InChI is InChI=1S/C19H28N4O3/c1-19(2,3)26-18(24)23-7-6-22-12-15(8-14(22)11-23)25-17-10-20-16(9-21-17)13-4-5-13/h9-10,13-15H,4-8,11-12H2,1-3H3/t14-,15-/m0/s1. The lowest BCUT2D eigenvalue weighted by Gasteiger charge is -2.37. The third-order valence-electron chi connectivity index (χ3n) is 5.16. The van der Waals surface area contributed by atoms with Crippen LogP contribution < -0.4 is 4.74 Å². The molecular formula is C19H28N4O3. The van der Waals surface area contributed by atoms with Gasteiger partial charge in [-0.25, -0.2) is 9.78 Å². The molecule has 0 N–H and O–H groups in total. The van der Waals surface area contributed by atoms with Crippen LogP contribution in [0.2, 0.25) is 0 Å². The third kappa shape index (κ3) is 4.09. The third-order valence-corrected chi connectivity index (χ3v) is 5.16. The van der Waals surface area contributed by atoms with Crippen molar-refractivity contribution in [1.29, 1.82) is 0 Å². The molecule has 0 spiro atoms.